The molecule has 1 amide bonds. The van der Waals surface area contributed by atoms with Crippen LogP contribution < -0.4 is 16.1 Å². The number of imidazole rings is 1. The lowest BCUT2D eigenvalue weighted by molar-refractivity contribution is 0.0950. The van der Waals surface area contributed by atoms with Gasteiger partial charge in [0.25, 0.3) is 5.91 Å². The van der Waals surface area contributed by atoms with Crippen LogP contribution in [0.4, 0.5) is 5.82 Å². The number of ether oxygens (including phenoxy) is 1. The summed E-state index contributed by atoms with van der Waals surface area (Å²) >= 11 is 0. The van der Waals surface area contributed by atoms with Gasteiger partial charge < -0.3 is 24.8 Å². The number of benzene rings is 2. The number of likely N-dealkylation sites (tertiary alicyclic amines) is 1. The number of amides is 1. The average Bonchev–Trinajstić information content (AvgIpc) is 3.77. The van der Waals surface area contributed by atoms with Crippen LogP contribution in [0.25, 0.3) is 38.5 Å². The van der Waals surface area contributed by atoms with Crippen molar-refractivity contribution in [1.29, 1.82) is 0 Å². The quantitative estimate of drug-likeness (QED) is 0.348. The number of aromatic nitrogens is 3. The minimum absolute atomic E-state index is 0.153. The second kappa shape index (κ2) is 11.3. The van der Waals surface area contributed by atoms with Crippen molar-refractivity contribution in [2.24, 2.45) is 7.05 Å². The molecule has 7 rings (SSSR count). The molecule has 0 unspecified atom stereocenters. The average molecular weight is 541 g/mol. The van der Waals surface area contributed by atoms with E-state index in [1.54, 1.807) is 19.2 Å². The van der Waals surface area contributed by atoms with Gasteiger partial charge in [-0.05, 0) is 73.8 Å². The number of carbonyl (C=O) groups excluding carboxylic acids is 1. The summed E-state index contributed by atoms with van der Waals surface area (Å²) in [5, 5.41) is 8.68. The minimum Gasteiger partial charge on any atom is -0.381 e. The number of hydrogen-bond donors (Lipinski definition) is 2. The van der Waals surface area contributed by atoms with Gasteiger partial charge in [0, 0.05) is 40.4 Å². The number of aryl methyl sites for hydroxylation is 1. The van der Waals surface area contributed by atoms with Gasteiger partial charge in [0.05, 0.1) is 16.4 Å². The third-order valence-electron chi connectivity index (χ3n) is 7.98. The largest absolute Gasteiger partial charge is 0.381 e. The summed E-state index contributed by atoms with van der Waals surface area (Å²) in [7, 11) is 3.70. The molecule has 2 aromatic carbocycles. The van der Waals surface area contributed by atoms with Crippen LogP contribution in [0, 0.1) is 0 Å². The van der Waals surface area contributed by atoms with E-state index < -0.39 is 0 Å². The predicted molar refractivity (Wildman–Crippen MR) is 161 cm³/mol. The van der Waals surface area contributed by atoms with Crippen molar-refractivity contribution in [3.8, 4) is 0 Å². The van der Waals surface area contributed by atoms with Gasteiger partial charge in [0.2, 0.25) is 5.43 Å². The highest BCUT2D eigenvalue weighted by molar-refractivity contribution is 6.07. The summed E-state index contributed by atoms with van der Waals surface area (Å²) in [5.41, 5.74) is 2.76. The smallest absolute Gasteiger partial charge is 0.259 e. The van der Waals surface area contributed by atoms with Crippen molar-refractivity contribution >= 4 is 50.2 Å². The summed E-state index contributed by atoms with van der Waals surface area (Å²) in [6.07, 6.45) is 4.96. The van der Waals surface area contributed by atoms with Crippen molar-refractivity contribution in [3.05, 3.63) is 64.3 Å². The molecule has 0 radical (unpaired) electrons. The second-order valence-electron chi connectivity index (χ2n) is 10.6. The van der Waals surface area contributed by atoms with Crippen molar-refractivity contribution < 1.29 is 9.53 Å². The molecule has 2 aliphatic rings. The Hall–Kier alpha value is -3.95. The fraction of sp³-hybridized carbons (Fsp3) is 0.387. The topological polar surface area (TPSA) is 92.9 Å². The molecule has 5 heterocycles. The summed E-state index contributed by atoms with van der Waals surface area (Å²) in [6.45, 7) is 5.43. The Balaban J connectivity index is 0.000000523. The molecule has 2 N–H and O–H groups in total. The fourth-order valence-corrected chi connectivity index (χ4v) is 5.84. The molecular weight excluding hydrogens is 504 g/mol. The highest BCUT2D eigenvalue weighted by Crippen LogP contribution is 2.29. The monoisotopic (exact) mass is 540 g/mol. The number of pyridine rings is 2. The van der Waals surface area contributed by atoms with E-state index in [1.165, 1.54) is 25.7 Å². The van der Waals surface area contributed by atoms with E-state index in [9.17, 15) is 9.59 Å². The molecule has 0 aliphatic carbocycles. The van der Waals surface area contributed by atoms with Crippen LogP contribution >= 0.6 is 0 Å². The zero-order valence-corrected chi connectivity index (χ0v) is 23.2. The minimum atomic E-state index is -0.346. The fourth-order valence-electron chi connectivity index (χ4n) is 5.84. The van der Waals surface area contributed by atoms with E-state index >= 15 is 0 Å². The zero-order valence-electron chi connectivity index (χ0n) is 23.2. The van der Waals surface area contributed by atoms with E-state index in [1.807, 2.05) is 28.1 Å². The standard InChI is InChI=1S/C27H28N6O2.C4H8O/c1-28-22-10-9-19-24(34)23(26(35)29-11-14-32-12-5-6-13-32)27-31(2)20-15-17-7-3-4-8-18(17)16-21(20)33(27)25(19)30-22;1-2-4-5-3-1/h3-4,7-10,15-16H,5-6,11-14H2,1-2H3,(H,28,30)(H,29,35);1-4H2. The Labute approximate surface area is 232 Å². The van der Waals surface area contributed by atoms with Crippen LogP contribution in [0.1, 0.15) is 36.0 Å². The molecule has 2 fully saturated rings. The molecule has 9 nitrogen and oxygen atoms in total. The number of nitrogens with zero attached hydrogens (tertiary/aromatic N) is 4. The summed E-state index contributed by atoms with van der Waals surface area (Å²) in [6, 6.07) is 15.9. The van der Waals surface area contributed by atoms with Gasteiger partial charge in [-0.15, -0.1) is 0 Å². The molecule has 0 atom stereocenters. The Bertz CT molecular complexity index is 1750. The van der Waals surface area contributed by atoms with Gasteiger partial charge >= 0.3 is 0 Å². The first kappa shape index (κ1) is 26.3. The van der Waals surface area contributed by atoms with Crippen LogP contribution in [0.5, 0.6) is 0 Å². The van der Waals surface area contributed by atoms with Gasteiger partial charge in [-0.25, -0.2) is 4.98 Å². The van der Waals surface area contributed by atoms with Crippen molar-refractivity contribution in [1.82, 2.24) is 24.2 Å². The van der Waals surface area contributed by atoms with E-state index in [0.717, 1.165) is 54.7 Å². The van der Waals surface area contributed by atoms with E-state index in [-0.39, 0.29) is 16.9 Å². The molecule has 5 aromatic rings. The summed E-state index contributed by atoms with van der Waals surface area (Å²) in [4.78, 5) is 34.3. The highest BCUT2D eigenvalue weighted by atomic mass is 16.5. The Morgan fingerprint density at radius 1 is 0.975 bits per heavy atom. The lowest BCUT2D eigenvalue weighted by atomic mass is 10.1. The van der Waals surface area contributed by atoms with Crippen molar-refractivity contribution in [2.45, 2.75) is 25.7 Å². The van der Waals surface area contributed by atoms with Crippen LogP contribution in [0.2, 0.25) is 0 Å². The lowest BCUT2D eigenvalue weighted by Crippen LogP contribution is -2.36. The molecule has 9 heteroatoms. The van der Waals surface area contributed by atoms with Gasteiger partial charge in [-0.1, -0.05) is 24.3 Å². The Kier molecular flexibility index (Phi) is 7.40. The number of hydrogen-bond acceptors (Lipinski definition) is 6. The van der Waals surface area contributed by atoms with E-state index in [2.05, 4.69) is 39.8 Å². The van der Waals surface area contributed by atoms with Crippen LogP contribution in [0.15, 0.2) is 53.3 Å². The first-order valence-electron chi connectivity index (χ1n) is 14.2. The molecule has 208 valence electrons. The predicted octanol–water partition coefficient (Wildman–Crippen LogP) is 4.16. The maximum absolute atomic E-state index is 13.7. The highest BCUT2D eigenvalue weighted by Gasteiger charge is 2.24. The first-order valence-corrected chi connectivity index (χ1v) is 14.2. The molecule has 0 spiro atoms. The van der Waals surface area contributed by atoms with Gasteiger partial charge in [0.1, 0.15) is 17.0 Å². The Morgan fingerprint density at radius 2 is 1.68 bits per heavy atom. The summed E-state index contributed by atoms with van der Waals surface area (Å²) < 4.78 is 8.83. The first-order chi connectivity index (χ1) is 19.6. The van der Waals surface area contributed by atoms with Crippen LogP contribution in [-0.2, 0) is 11.8 Å². The maximum atomic E-state index is 13.7. The molecule has 0 bridgehead atoms. The molecular formula is C31H36N6O3. The van der Waals surface area contributed by atoms with Crippen LogP contribution in [-0.4, -0.2) is 71.2 Å². The number of carbonyl (C=O) groups is 1. The van der Waals surface area contributed by atoms with E-state index in [0.29, 0.717) is 29.0 Å². The molecule has 2 aliphatic heterocycles. The van der Waals surface area contributed by atoms with Crippen molar-refractivity contribution in [3.63, 3.8) is 0 Å². The number of rotatable bonds is 5. The second-order valence-corrected chi connectivity index (χ2v) is 10.6. The summed E-state index contributed by atoms with van der Waals surface area (Å²) in [5.74, 6) is 0.313. The number of fused-ring (bicyclic) bond motifs is 6. The van der Waals surface area contributed by atoms with E-state index in [4.69, 9.17) is 9.72 Å². The van der Waals surface area contributed by atoms with Gasteiger partial charge in [-0.2, -0.15) is 0 Å². The molecule has 40 heavy (non-hydrogen) atoms. The van der Waals surface area contributed by atoms with Crippen LogP contribution in [0.3, 0.4) is 0 Å². The maximum Gasteiger partial charge on any atom is 0.259 e. The molecule has 0 saturated carbocycles. The zero-order chi connectivity index (χ0) is 27.6. The SMILES string of the molecule is C1CCOC1.CNc1ccc2c(=O)c(C(=O)NCCN3CCCC3)c3n(C)c4cc5ccccc5cc4n3c2n1. The van der Waals surface area contributed by atoms with Gasteiger partial charge in [0.15, 0.2) is 5.65 Å². The number of anilines is 1. The third-order valence-corrected chi connectivity index (χ3v) is 7.98. The third kappa shape index (κ3) is 4.80. The Morgan fingerprint density at radius 3 is 2.33 bits per heavy atom. The lowest BCUT2D eigenvalue weighted by Gasteiger charge is -2.15. The molecule has 2 saturated heterocycles. The van der Waals surface area contributed by atoms with Crippen molar-refractivity contribution in [2.75, 3.05) is 51.8 Å². The normalized spacial score (nSPS) is 15.7. The number of nitrogens with one attached hydrogen (secondary N) is 2. The van der Waals surface area contributed by atoms with Gasteiger partial charge in [-0.3, -0.25) is 14.0 Å². The molecule has 3 aromatic heterocycles.